The van der Waals surface area contributed by atoms with Crippen LogP contribution in [0.3, 0.4) is 0 Å². The Hall–Kier alpha value is -0.940. The Labute approximate surface area is 115 Å². The standard InChI is InChI=1S/C14H26N4O/c1-4-12(5-2)6-15-7-13-8-18-14(10-19-9-13)11(3)16-17-18/h12-13,15H,4-10H2,1-3H3/t13-/m1/s1. The molecule has 1 N–H and O–H groups in total. The molecule has 1 aromatic heterocycles. The molecule has 2 heterocycles. The number of nitrogens with zero attached hydrogens (tertiary/aromatic N) is 3. The van der Waals surface area contributed by atoms with Crippen molar-refractivity contribution in [3.8, 4) is 0 Å². The maximum Gasteiger partial charge on any atom is 0.0904 e. The van der Waals surface area contributed by atoms with E-state index in [2.05, 4.69) is 29.5 Å². The monoisotopic (exact) mass is 266 g/mol. The van der Waals surface area contributed by atoms with Crippen LogP contribution in [0.4, 0.5) is 0 Å². The van der Waals surface area contributed by atoms with E-state index in [1.54, 1.807) is 0 Å². The van der Waals surface area contributed by atoms with Crippen molar-refractivity contribution in [2.45, 2.75) is 46.8 Å². The number of nitrogens with one attached hydrogen (secondary N) is 1. The molecule has 0 bridgehead atoms. The minimum Gasteiger partial charge on any atom is -0.375 e. The van der Waals surface area contributed by atoms with Gasteiger partial charge in [0, 0.05) is 19.0 Å². The fraction of sp³-hybridized carbons (Fsp3) is 0.857. The van der Waals surface area contributed by atoms with Crippen molar-refractivity contribution in [1.82, 2.24) is 20.3 Å². The maximum atomic E-state index is 5.74. The minimum absolute atomic E-state index is 0.483. The lowest BCUT2D eigenvalue weighted by Crippen LogP contribution is -2.31. The molecule has 0 radical (unpaired) electrons. The highest BCUT2D eigenvalue weighted by molar-refractivity contribution is 5.07. The van der Waals surface area contributed by atoms with Crippen LogP contribution in [0.15, 0.2) is 0 Å². The van der Waals surface area contributed by atoms with Gasteiger partial charge in [0.05, 0.1) is 24.6 Å². The van der Waals surface area contributed by atoms with Gasteiger partial charge in [-0.15, -0.1) is 5.10 Å². The average Bonchev–Trinajstić information content (AvgIpc) is 2.65. The van der Waals surface area contributed by atoms with E-state index < -0.39 is 0 Å². The molecule has 1 aliphatic heterocycles. The van der Waals surface area contributed by atoms with E-state index in [1.165, 1.54) is 12.8 Å². The van der Waals surface area contributed by atoms with Crippen molar-refractivity contribution in [3.05, 3.63) is 11.4 Å². The van der Waals surface area contributed by atoms with Crippen molar-refractivity contribution in [2.24, 2.45) is 11.8 Å². The zero-order chi connectivity index (χ0) is 13.7. The molecule has 1 atom stereocenters. The molecule has 0 aliphatic carbocycles. The molecule has 5 heteroatoms. The SMILES string of the molecule is CCC(CC)CNC[C@H]1COCc2c(C)nnn2C1. The first-order valence-electron chi connectivity index (χ1n) is 7.42. The quantitative estimate of drug-likeness (QED) is 0.852. The van der Waals surface area contributed by atoms with Crippen LogP contribution in [-0.2, 0) is 17.9 Å². The molecule has 5 nitrogen and oxygen atoms in total. The average molecular weight is 266 g/mol. The Bertz CT molecular complexity index is 387. The first-order valence-corrected chi connectivity index (χ1v) is 7.42. The summed E-state index contributed by atoms with van der Waals surface area (Å²) in [5, 5.41) is 11.9. The molecule has 108 valence electrons. The van der Waals surface area contributed by atoms with Gasteiger partial charge in [-0.3, -0.25) is 0 Å². The molecule has 0 saturated heterocycles. The molecule has 1 aliphatic rings. The lowest BCUT2D eigenvalue weighted by molar-refractivity contribution is 0.0933. The van der Waals surface area contributed by atoms with Crippen LogP contribution in [-0.4, -0.2) is 34.7 Å². The summed E-state index contributed by atoms with van der Waals surface area (Å²) >= 11 is 0. The van der Waals surface area contributed by atoms with Crippen molar-refractivity contribution in [1.29, 1.82) is 0 Å². The minimum atomic E-state index is 0.483. The third kappa shape index (κ3) is 3.76. The normalized spacial score (nSPS) is 19.5. The maximum absolute atomic E-state index is 5.74. The number of hydrogen-bond donors (Lipinski definition) is 1. The van der Waals surface area contributed by atoms with Crippen LogP contribution < -0.4 is 5.32 Å². The molecule has 0 saturated carbocycles. The summed E-state index contributed by atoms with van der Waals surface area (Å²) in [5.74, 6) is 1.27. The van der Waals surface area contributed by atoms with Gasteiger partial charge in [-0.2, -0.15) is 0 Å². The van der Waals surface area contributed by atoms with Gasteiger partial charge in [-0.25, -0.2) is 4.68 Å². The van der Waals surface area contributed by atoms with Gasteiger partial charge in [-0.05, 0) is 19.4 Å². The Morgan fingerprint density at radius 1 is 1.42 bits per heavy atom. The zero-order valence-corrected chi connectivity index (χ0v) is 12.4. The van der Waals surface area contributed by atoms with Crippen molar-refractivity contribution >= 4 is 0 Å². The lowest BCUT2D eigenvalue weighted by Gasteiger charge is -2.18. The lowest BCUT2D eigenvalue weighted by atomic mass is 10.0. The van der Waals surface area contributed by atoms with Gasteiger partial charge in [-0.1, -0.05) is 31.9 Å². The second-order valence-electron chi connectivity index (χ2n) is 5.53. The van der Waals surface area contributed by atoms with Crippen LogP contribution >= 0.6 is 0 Å². The van der Waals surface area contributed by atoms with E-state index in [1.807, 2.05) is 11.6 Å². The summed E-state index contributed by atoms with van der Waals surface area (Å²) in [5.41, 5.74) is 2.12. The number of fused-ring (bicyclic) bond motifs is 1. The van der Waals surface area contributed by atoms with Crippen LogP contribution in [0.5, 0.6) is 0 Å². The molecular formula is C14H26N4O. The van der Waals surface area contributed by atoms with E-state index in [0.29, 0.717) is 12.5 Å². The fourth-order valence-electron chi connectivity index (χ4n) is 2.56. The van der Waals surface area contributed by atoms with Gasteiger partial charge in [0.2, 0.25) is 0 Å². The topological polar surface area (TPSA) is 52.0 Å². The van der Waals surface area contributed by atoms with Gasteiger partial charge in [0.1, 0.15) is 0 Å². The molecular weight excluding hydrogens is 240 g/mol. The summed E-state index contributed by atoms with van der Waals surface area (Å²) in [6.07, 6.45) is 2.49. The molecule has 19 heavy (non-hydrogen) atoms. The predicted octanol–water partition coefficient (Wildman–Crippen LogP) is 1.76. The molecule has 2 rings (SSSR count). The largest absolute Gasteiger partial charge is 0.375 e. The number of aromatic nitrogens is 3. The fourth-order valence-corrected chi connectivity index (χ4v) is 2.56. The van der Waals surface area contributed by atoms with E-state index in [4.69, 9.17) is 4.74 Å². The van der Waals surface area contributed by atoms with E-state index in [-0.39, 0.29) is 0 Å². The smallest absolute Gasteiger partial charge is 0.0904 e. The summed E-state index contributed by atoms with van der Waals surface area (Å²) < 4.78 is 7.75. The second-order valence-corrected chi connectivity index (χ2v) is 5.53. The zero-order valence-electron chi connectivity index (χ0n) is 12.4. The van der Waals surface area contributed by atoms with Crippen molar-refractivity contribution in [3.63, 3.8) is 0 Å². The Morgan fingerprint density at radius 2 is 2.21 bits per heavy atom. The van der Waals surface area contributed by atoms with Gasteiger partial charge in [0.25, 0.3) is 0 Å². The third-order valence-electron chi connectivity index (χ3n) is 4.08. The van der Waals surface area contributed by atoms with Gasteiger partial charge >= 0.3 is 0 Å². The Kier molecular flexibility index (Phi) is 5.34. The Morgan fingerprint density at radius 3 is 2.95 bits per heavy atom. The summed E-state index contributed by atoms with van der Waals surface area (Å²) in [6.45, 7) is 11.0. The van der Waals surface area contributed by atoms with E-state index in [9.17, 15) is 0 Å². The summed E-state index contributed by atoms with van der Waals surface area (Å²) in [6, 6.07) is 0. The highest BCUT2D eigenvalue weighted by Crippen LogP contribution is 2.14. The predicted molar refractivity (Wildman–Crippen MR) is 74.8 cm³/mol. The first-order chi connectivity index (χ1) is 9.24. The number of ether oxygens (including phenoxy) is 1. The Balaban J connectivity index is 1.82. The van der Waals surface area contributed by atoms with Crippen LogP contribution in [0.25, 0.3) is 0 Å². The highest BCUT2D eigenvalue weighted by Gasteiger charge is 2.19. The molecule has 0 spiro atoms. The van der Waals surface area contributed by atoms with Crippen LogP contribution in [0, 0.1) is 18.8 Å². The number of rotatable bonds is 6. The molecule has 0 fully saturated rings. The number of hydrogen-bond acceptors (Lipinski definition) is 4. The first kappa shape index (κ1) is 14.5. The van der Waals surface area contributed by atoms with E-state index in [0.717, 1.165) is 43.5 Å². The number of aryl methyl sites for hydroxylation is 1. The van der Waals surface area contributed by atoms with Crippen molar-refractivity contribution in [2.75, 3.05) is 19.7 Å². The van der Waals surface area contributed by atoms with Crippen molar-refractivity contribution < 1.29 is 4.74 Å². The summed E-state index contributed by atoms with van der Waals surface area (Å²) in [4.78, 5) is 0. The van der Waals surface area contributed by atoms with Crippen LogP contribution in [0.2, 0.25) is 0 Å². The van der Waals surface area contributed by atoms with Crippen LogP contribution in [0.1, 0.15) is 38.1 Å². The molecule has 0 aromatic carbocycles. The van der Waals surface area contributed by atoms with Gasteiger partial charge < -0.3 is 10.1 Å². The third-order valence-corrected chi connectivity index (χ3v) is 4.08. The second kappa shape index (κ2) is 7.01. The molecule has 0 unspecified atom stereocenters. The molecule has 0 amide bonds. The summed E-state index contributed by atoms with van der Waals surface area (Å²) in [7, 11) is 0. The highest BCUT2D eigenvalue weighted by atomic mass is 16.5. The van der Waals surface area contributed by atoms with E-state index >= 15 is 0 Å². The van der Waals surface area contributed by atoms with Gasteiger partial charge in [0.15, 0.2) is 0 Å². The molecule has 1 aromatic rings.